The summed E-state index contributed by atoms with van der Waals surface area (Å²) in [6.07, 6.45) is 9.35. The number of hydrogen-bond acceptors (Lipinski definition) is 3. The SMILES string of the molecule is CC1CCCN(C(=O)C2CCN(Cc3ccncc3)CC2)CC1. The molecule has 0 spiro atoms. The number of pyridine rings is 1. The lowest BCUT2D eigenvalue weighted by Crippen LogP contribution is -2.42. The van der Waals surface area contributed by atoms with Crippen LogP contribution in [0.15, 0.2) is 24.5 Å². The largest absolute Gasteiger partial charge is 0.342 e. The number of rotatable bonds is 3. The molecule has 0 N–H and O–H groups in total. The van der Waals surface area contributed by atoms with Gasteiger partial charge in [0.25, 0.3) is 0 Å². The zero-order valence-electron chi connectivity index (χ0n) is 14.3. The molecular formula is C19H29N3O. The maximum absolute atomic E-state index is 12.8. The third kappa shape index (κ3) is 4.54. The van der Waals surface area contributed by atoms with Crippen molar-refractivity contribution in [3.63, 3.8) is 0 Å². The topological polar surface area (TPSA) is 36.4 Å². The molecule has 1 aromatic heterocycles. The standard InChI is InChI=1S/C19H29N3O/c1-16-3-2-11-22(14-6-16)19(23)18-7-12-21(13-8-18)15-17-4-9-20-10-5-17/h4-5,9-10,16,18H,2-3,6-8,11-15H2,1H3. The second kappa shape index (κ2) is 7.91. The zero-order valence-corrected chi connectivity index (χ0v) is 14.3. The van der Waals surface area contributed by atoms with Crippen molar-refractivity contribution in [3.8, 4) is 0 Å². The van der Waals surface area contributed by atoms with Gasteiger partial charge in [0.15, 0.2) is 0 Å². The Hall–Kier alpha value is -1.42. The highest BCUT2D eigenvalue weighted by molar-refractivity contribution is 5.79. The minimum atomic E-state index is 0.247. The smallest absolute Gasteiger partial charge is 0.225 e. The number of amides is 1. The summed E-state index contributed by atoms with van der Waals surface area (Å²) >= 11 is 0. The van der Waals surface area contributed by atoms with Gasteiger partial charge in [-0.1, -0.05) is 6.92 Å². The normalized spacial score (nSPS) is 24.4. The quantitative estimate of drug-likeness (QED) is 0.860. The van der Waals surface area contributed by atoms with E-state index in [2.05, 4.69) is 33.8 Å². The van der Waals surface area contributed by atoms with Crippen LogP contribution in [0.25, 0.3) is 0 Å². The molecule has 0 bridgehead atoms. The summed E-state index contributed by atoms with van der Waals surface area (Å²) in [6, 6.07) is 4.16. The highest BCUT2D eigenvalue weighted by Crippen LogP contribution is 2.24. The molecule has 3 heterocycles. The van der Waals surface area contributed by atoms with Gasteiger partial charge < -0.3 is 4.90 Å². The van der Waals surface area contributed by atoms with Crippen molar-refractivity contribution in [1.82, 2.24) is 14.8 Å². The van der Waals surface area contributed by atoms with Gasteiger partial charge >= 0.3 is 0 Å². The summed E-state index contributed by atoms with van der Waals surface area (Å²) in [5.41, 5.74) is 1.31. The lowest BCUT2D eigenvalue weighted by Gasteiger charge is -2.34. The summed E-state index contributed by atoms with van der Waals surface area (Å²) in [4.78, 5) is 21.5. The fourth-order valence-electron chi connectivity index (χ4n) is 3.83. The molecule has 2 aliphatic rings. The third-order valence-corrected chi connectivity index (χ3v) is 5.42. The molecule has 1 unspecified atom stereocenters. The van der Waals surface area contributed by atoms with Crippen molar-refractivity contribution < 1.29 is 4.79 Å². The van der Waals surface area contributed by atoms with Gasteiger partial charge in [-0.15, -0.1) is 0 Å². The lowest BCUT2D eigenvalue weighted by atomic mass is 9.94. The molecule has 126 valence electrons. The predicted molar refractivity (Wildman–Crippen MR) is 91.8 cm³/mol. The van der Waals surface area contributed by atoms with E-state index in [1.54, 1.807) is 0 Å². The van der Waals surface area contributed by atoms with Crippen LogP contribution < -0.4 is 0 Å². The van der Waals surface area contributed by atoms with Gasteiger partial charge in [0.1, 0.15) is 0 Å². The number of likely N-dealkylation sites (tertiary alicyclic amines) is 2. The summed E-state index contributed by atoms with van der Waals surface area (Å²) in [5.74, 6) is 1.44. The van der Waals surface area contributed by atoms with E-state index >= 15 is 0 Å². The summed E-state index contributed by atoms with van der Waals surface area (Å²) in [6.45, 7) is 7.29. The van der Waals surface area contributed by atoms with Crippen molar-refractivity contribution in [2.24, 2.45) is 11.8 Å². The van der Waals surface area contributed by atoms with E-state index in [1.165, 1.54) is 24.8 Å². The van der Waals surface area contributed by atoms with Gasteiger partial charge in [0, 0.05) is 37.9 Å². The minimum Gasteiger partial charge on any atom is -0.342 e. The first kappa shape index (κ1) is 16.4. The van der Waals surface area contributed by atoms with Crippen molar-refractivity contribution in [1.29, 1.82) is 0 Å². The summed E-state index contributed by atoms with van der Waals surface area (Å²) in [7, 11) is 0. The molecule has 2 fully saturated rings. The Morgan fingerprint density at radius 3 is 2.57 bits per heavy atom. The summed E-state index contributed by atoms with van der Waals surface area (Å²) in [5, 5.41) is 0. The molecule has 0 aliphatic carbocycles. The first-order valence-electron chi connectivity index (χ1n) is 9.12. The monoisotopic (exact) mass is 315 g/mol. The van der Waals surface area contributed by atoms with Crippen molar-refractivity contribution in [2.75, 3.05) is 26.2 Å². The van der Waals surface area contributed by atoms with Crippen LogP contribution in [0.3, 0.4) is 0 Å². The second-order valence-corrected chi connectivity index (χ2v) is 7.27. The van der Waals surface area contributed by atoms with Crippen LogP contribution in [0.4, 0.5) is 0 Å². The van der Waals surface area contributed by atoms with Gasteiger partial charge in [-0.25, -0.2) is 0 Å². The Bertz CT molecular complexity index is 497. The molecule has 3 rings (SSSR count). The highest BCUT2D eigenvalue weighted by Gasteiger charge is 2.29. The fourth-order valence-corrected chi connectivity index (χ4v) is 3.83. The summed E-state index contributed by atoms with van der Waals surface area (Å²) < 4.78 is 0. The average Bonchev–Trinajstić information content (AvgIpc) is 2.80. The predicted octanol–water partition coefficient (Wildman–Crippen LogP) is 2.94. The molecule has 0 radical (unpaired) electrons. The molecule has 4 nitrogen and oxygen atoms in total. The number of aromatic nitrogens is 1. The maximum Gasteiger partial charge on any atom is 0.225 e. The van der Waals surface area contributed by atoms with Crippen molar-refractivity contribution in [2.45, 2.75) is 45.6 Å². The van der Waals surface area contributed by atoms with E-state index in [4.69, 9.17) is 0 Å². The minimum absolute atomic E-state index is 0.247. The van der Waals surface area contributed by atoms with Crippen molar-refractivity contribution in [3.05, 3.63) is 30.1 Å². The fraction of sp³-hybridized carbons (Fsp3) is 0.684. The number of piperidine rings is 1. The molecule has 1 atom stereocenters. The zero-order chi connectivity index (χ0) is 16.1. The van der Waals surface area contributed by atoms with Crippen LogP contribution in [0, 0.1) is 11.8 Å². The number of carbonyl (C=O) groups is 1. The number of nitrogens with zero attached hydrogens (tertiary/aromatic N) is 3. The van der Waals surface area contributed by atoms with E-state index < -0.39 is 0 Å². The Balaban J connectivity index is 1.47. The molecule has 23 heavy (non-hydrogen) atoms. The van der Waals surface area contributed by atoms with Crippen molar-refractivity contribution >= 4 is 5.91 Å². The van der Waals surface area contributed by atoms with Crippen LogP contribution in [-0.4, -0.2) is 46.9 Å². The molecule has 4 heteroatoms. The van der Waals surface area contributed by atoms with Gasteiger partial charge in [-0.2, -0.15) is 0 Å². The highest BCUT2D eigenvalue weighted by atomic mass is 16.2. The van der Waals surface area contributed by atoms with Gasteiger partial charge in [0.05, 0.1) is 0 Å². The van der Waals surface area contributed by atoms with Crippen LogP contribution in [0.5, 0.6) is 0 Å². The third-order valence-electron chi connectivity index (χ3n) is 5.42. The average molecular weight is 315 g/mol. The molecular weight excluding hydrogens is 286 g/mol. The van der Waals surface area contributed by atoms with E-state index in [0.29, 0.717) is 5.91 Å². The van der Waals surface area contributed by atoms with Crippen LogP contribution in [-0.2, 0) is 11.3 Å². The second-order valence-electron chi connectivity index (χ2n) is 7.27. The Morgan fingerprint density at radius 1 is 1.09 bits per heavy atom. The first-order valence-corrected chi connectivity index (χ1v) is 9.12. The number of carbonyl (C=O) groups excluding carboxylic acids is 1. The molecule has 2 aliphatic heterocycles. The van der Waals surface area contributed by atoms with Crippen LogP contribution in [0.1, 0.15) is 44.6 Å². The van der Waals surface area contributed by atoms with E-state index in [9.17, 15) is 4.79 Å². The van der Waals surface area contributed by atoms with Crippen LogP contribution >= 0.6 is 0 Å². The van der Waals surface area contributed by atoms with E-state index in [0.717, 1.165) is 51.5 Å². The van der Waals surface area contributed by atoms with E-state index in [-0.39, 0.29) is 5.92 Å². The van der Waals surface area contributed by atoms with Gasteiger partial charge in [-0.05, 0) is 68.8 Å². The molecule has 2 saturated heterocycles. The van der Waals surface area contributed by atoms with Gasteiger partial charge in [-0.3, -0.25) is 14.7 Å². The van der Waals surface area contributed by atoms with E-state index in [1.807, 2.05) is 12.4 Å². The molecule has 0 aromatic carbocycles. The molecule has 1 aromatic rings. The Morgan fingerprint density at radius 2 is 1.83 bits per heavy atom. The first-order chi connectivity index (χ1) is 11.2. The number of hydrogen-bond donors (Lipinski definition) is 0. The Labute approximate surface area is 139 Å². The maximum atomic E-state index is 12.8. The molecule has 0 saturated carbocycles. The van der Waals surface area contributed by atoms with Crippen LogP contribution in [0.2, 0.25) is 0 Å². The molecule has 1 amide bonds. The Kier molecular flexibility index (Phi) is 5.65. The lowest BCUT2D eigenvalue weighted by molar-refractivity contribution is -0.137. The van der Waals surface area contributed by atoms with Gasteiger partial charge in [0.2, 0.25) is 5.91 Å².